The van der Waals surface area contributed by atoms with E-state index in [1.165, 1.54) is 75.5 Å². The molecule has 1 heterocycles. The van der Waals surface area contributed by atoms with Gasteiger partial charge in [-0.05, 0) is 47.5 Å². The number of amides is 1. The first-order valence-corrected chi connectivity index (χ1v) is 12.6. The van der Waals surface area contributed by atoms with E-state index in [-0.39, 0.29) is 12.7 Å². The summed E-state index contributed by atoms with van der Waals surface area (Å²) in [6.07, 6.45) is 19.1. The summed E-state index contributed by atoms with van der Waals surface area (Å²) in [5, 5.41) is 9.93. The van der Waals surface area contributed by atoms with Gasteiger partial charge in [-0.1, -0.05) is 83.3 Å². The molecule has 1 aliphatic rings. The van der Waals surface area contributed by atoms with Crippen molar-refractivity contribution in [1.82, 2.24) is 4.90 Å². The fourth-order valence-corrected chi connectivity index (χ4v) is 4.19. The molecule has 1 amide bonds. The second-order valence-corrected chi connectivity index (χ2v) is 10.4. The normalized spacial score (nSPS) is 21.2. The smallest absolute Gasteiger partial charge is 0.413 e. The van der Waals surface area contributed by atoms with Crippen LogP contribution < -0.4 is 0 Å². The average molecular weight is 440 g/mol. The van der Waals surface area contributed by atoms with Crippen LogP contribution >= 0.6 is 0 Å². The van der Waals surface area contributed by atoms with E-state index in [1.807, 2.05) is 40.7 Å². The second-order valence-electron chi connectivity index (χ2n) is 10.4. The first-order valence-electron chi connectivity index (χ1n) is 12.6. The van der Waals surface area contributed by atoms with Crippen LogP contribution in [-0.2, 0) is 9.47 Å². The highest BCUT2D eigenvalue weighted by Crippen LogP contribution is 2.34. The number of aliphatic hydroxyl groups is 1. The minimum Gasteiger partial charge on any atom is -0.444 e. The molecule has 0 aromatic carbocycles. The van der Waals surface area contributed by atoms with Crippen molar-refractivity contribution in [2.24, 2.45) is 0 Å². The number of hydrogen-bond donors (Lipinski definition) is 1. The maximum atomic E-state index is 12.7. The number of rotatable bonds is 14. The van der Waals surface area contributed by atoms with Crippen molar-refractivity contribution in [3.8, 4) is 0 Å². The molecule has 0 bridgehead atoms. The van der Waals surface area contributed by atoms with Gasteiger partial charge in [0.05, 0.1) is 12.6 Å². The summed E-state index contributed by atoms with van der Waals surface area (Å²) in [7, 11) is 0. The minimum absolute atomic E-state index is 0.157. The first kappa shape index (κ1) is 28.0. The Morgan fingerprint density at radius 1 is 1.00 bits per heavy atom. The van der Waals surface area contributed by atoms with Crippen LogP contribution in [-0.4, -0.2) is 46.2 Å². The van der Waals surface area contributed by atoms with Gasteiger partial charge in [0.15, 0.2) is 0 Å². The van der Waals surface area contributed by atoms with Crippen LogP contribution in [0.4, 0.5) is 4.79 Å². The van der Waals surface area contributed by atoms with Gasteiger partial charge in [-0.2, -0.15) is 0 Å². The fourth-order valence-electron chi connectivity index (χ4n) is 4.19. The van der Waals surface area contributed by atoms with Gasteiger partial charge in [0, 0.05) is 0 Å². The lowest BCUT2D eigenvalue weighted by Gasteiger charge is -2.34. The Kier molecular flexibility index (Phi) is 12.8. The molecule has 2 unspecified atom stereocenters. The number of hydrogen-bond acceptors (Lipinski definition) is 4. The maximum absolute atomic E-state index is 12.7. The number of carbonyl (C=O) groups excluding carboxylic acids is 1. The Bertz CT molecular complexity index is 524. The standard InChI is InChI=1S/C26H49NO4/c1-7-8-9-10-11-12-13-14-15-16-17-18-19-20-23-22(21-28)27(26(5,6)30-23)24(29)31-25(2,3)4/h19-20,22-23,28H,7-18,21H2,1-6H3/b20-19+. The average Bonchev–Trinajstić information content (AvgIpc) is 2.93. The van der Waals surface area contributed by atoms with E-state index >= 15 is 0 Å². The number of aliphatic hydroxyl groups excluding tert-OH is 1. The van der Waals surface area contributed by atoms with Crippen molar-refractivity contribution >= 4 is 6.09 Å². The second kappa shape index (κ2) is 14.2. The first-order chi connectivity index (χ1) is 14.6. The Balaban J connectivity index is 2.30. The third-order valence-electron chi connectivity index (χ3n) is 5.79. The van der Waals surface area contributed by atoms with Crippen molar-refractivity contribution in [2.75, 3.05) is 6.61 Å². The lowest BCUT2D eigenvalue weighted by atomic mass is 10.0. The molecule has 0 aromatic rings. The van der Waals surface area contributed by atoms with Gasteiger partial charge in [0.2, 0.25) is 0 Å². The van der Waals surface area contributed by atoms with E-state index in [4.69, 9.17) is 9.47 Å². The number of allylic oxidation sites excluding steroid dienone is 1. The molecule has 0 aliphatic carbocycles. The molecule has 182 valence electrons. The summed E-state index contributed by atoms with van der Waals surface area (Å²) >= 11 is 0. The van der Waals surface area contributed by atoms with Gasteiger partial charge in [0.1, 0.15) is 17.4 Å². The monoisotopic (exact) mass is 439 g/mol. The molecule has 5 nitrogen and oxygen atoms in total. The van der Waals surface area contributed by atoms with Crippen molar-refractivity contribution in [3.05, 3.63) is 12.2 Å². The molecular formula is C26H49NO4. The molecule has 2 atom stereocenters. The van der Waals surface area contributed by atoms with Crippen LogP contribution in [0.5, 0.6) is 0 Å². The zero-order valence-corrected chi connectivity index (χ0v) is 21.1. The van der Waals surface area contributed by atoms with Crippen LogP contribution in [0.1, 0.15) is 119 Å². The van der Waals surface area contributed by atoms with E-state index in [0.717, 1.165) is 6.42 Å². The predicted molar refractivity (Wildman–Crippen MR) is 128 cm³/mol. The van der Waals surface area contributed by atoms with E-state index in [2.05, 4.69) is 13.0 Å². The maximum Gasteiger partial charge on any atom is 0.413 e. The SMILES string of the molecule is CCCCCCCCCCCCC/C=C/C1OC(C)(C)N(C(=O)OC(C)(C)C)C1CO. The quantitative estimate of drug-likeness (QED) is 0.234. The Labute approximate surface area is 191 Å². The van der Waals surface area contributed by atoms with Crippen LogP contribution in [0.15, 0.2) is 12.2 Å². The molecule has 0 spiro atoms. The van der Waals surface area contributed by atoms with Crippen LogP contribution in [0, 0.1) is 0 Å². The Morgan fingerprint density at radius 2 is 1.52 bits per heavy atom. The van der Waals surface area contributed by atoms with Gasteiger partial charge in [-0.15, -0.1) is 0 Å². The molecule has 31 heavy (non-hydrogen) atoms. The van der Waals surface area contributed by atoms with E-state index < -0.39 is 23.5 Å². The fraction of sp³-hybridized carbons (Fsp3) is 0.885. The zero-order chi connectivity index (χ0) is 23.3. The van der Waals surface area contributed by atoms with Crippen LogP contribution in [0.2, 0.25) is 0 Å². The Morgan fingerprint density at radius 3 is 2.00 bits per heavy atom. The summed E-state index contributed by atoms with van der Waals surface area (Å²) in [5.74, 6) is 0. The molecule has 5 heteroatoms. The molecule has 1 aliphatic heterocycles. The summed E-state index contributed by atoms with van der Waals surface area (Å²) in [5.41, 5.74) is -1.41. The Hall–Kier alpha value is -1.07. The lowest BCUT2D eigenvalue weighted by Crippen LogP contribution is -2.51. The van der Waals surface area contributed by atoms with Crippen molar-refractivity contribution in [2.45, 2.75) is 142 Å². The zero-order valence-electron chi connectivity index (χ0n) is 21.1. The third kappa shape index (κ3) is 10.9. The highest BCUT2D eigenvalue weighted by molar-refractivity contribution is 5.70. The number of unbranched alkanes of at least 4 members (excludes halogenated alkanes) is 11. The highest BCUT2D eigenvalue weighted by atomic mass is 16.6. The molecule has 1 N–H and O–H groups in total. The number of ether oxygens (including phenoxy) is 2. The molecule has 0 aromatic heterocycles. The van der Waals surface area contributed by atoms with Crippen LogP contribution in [0.3, 0.4) is 0 Å². The van der Waals surface area contributed by atoms with Crippen molar-refractivity contribution in [1.29, 1.82) is 0 Å². The predicted octanol–water partition coefficient (Wildman–Crippen LogP) is 6.98. The minimum atomic E-state index is -0.818. The van der Waals surface area contributed by atoms with E-state index in [1.54, 1.807) is 0 Å². The third-order valence-corrected chi connectivity index (χ3v) is 5.79. The number of carbonyl (C=O) groups is 1. The van der Waals surface area contributed by atoms with Gasteiger partial charge >= 0.3 is 6.09 Å². The summed E-state index contributed by atoms with van der Waals surface area (Å²) in [4.78, 5) is 14.2. The van der Waals surface area contributed by atoms with Crippen LogP contribution in [0.25, 0.3) is 0 Å². The molecule has 0 saturated carbocycles. The highest BCUT2D eigenvalue weighted by Gasteiger charge is 2.50. The lowest BCUT2D eigenvalue weighted by molar-refractivity contribution is -0.0724. The topological polar surface area (TPSA) is 59.0 Å². The number of nitrogens with zero attached hydrogens (tertiary/aromatic N) is 1. The molecule has 0 radical (unpaired) electrons. The van der Waals surface area contributed by atoms with E-state index in [0.29, 0.717) is 0 Å². The molecular weight excluding hydrogens is 390 g/mol. The largest absolute Gasteiger partial charge is 0.444 e. The summed E-state index contributed by atoms with van der Waals surface area (Å²) < 4.78 is 11.6. The van der Waals surface area contributed by atoms with E-state index in [9.17, 15) is 9.90 Å². The van der Waals surface area contributed by atoms with Gasteiger partial charge in [-0.25, -0.2) is 4.79 Å². The van der Waals surface area contributed by atoms with Gasteiger partial charge in [0.25, 0.3) is 0 Å². The van der Waals surface area contributed by atoms with Crippen molar-refractivity contribution < 1.29 is 19.4 Å². The summed E-state index contributed by atoms with van der Waals surface area (Å²) in [6, 6.07) is -0.432. The molecule has 1 saturated heterocycles. The van der Waals surface area contributed by atoms with Gasteiger partial charge < -0.3 is 14.6 Å². The summed E-state index contributed by atoms with van der Waals surface area (Å²) in [6.45, 7) is 11.3. The molecule has 1 rings (SSSR count). The molecule has 1 fully saturated rings. The van der Waals surface area contributed by atoms with Gasteiger partial charge in [-0.3, -0.25) is 4.90 Å². The van der Waals surface area contributed by atoms with Crippen molar-refractivity contribution in [3.63, 3.8) is 0 Å².